The number of benzene rings is 2. The molecule has 0 saturated heterocycles. The Hall–Kier alpha value is -3.39. The fourth-order valence-electron chi connectivity index (χ4n) is 3.51. The Balaban J connectivity index is 1.63. The first-order valence-corrected chi connectivity index (χ1v) is 10.2. The average Bonchev–Trinajstić information content (AvgIpc) is 2.69. The molecule has 0 aliphatic rings. The molecule has 30 heavy (non-hydrogen) atoms. The second-order valence-electron chi connectivity index (χ2n) is 8.72. The Kier molecular flexibility index (Phi) is 6.07. The molecule has 3 N–H and O–H groups in total. The predicted molar refractivity (Wildman–Crippen MR) is 121 cm³/mol. The minimum absolute atomic E-state index is 0.0603. The highest BCUT2D eigenvalue weighted by atomic mass is 16.1. The second kappa shape index (κ2) is 8.54. The highest BCUT2D eigenvalue weighted by Gasteiger charge is 2.15. The molecule has 3 rings (SSSR count). The van der Waals surface area contributed by atoms with Crippen molar-refractivity contribution < 1.29 is 9.78 Å². The molecule has 3 aromatic rings. The molecule has 1 aromatic heterocycles. The van der Waals surface area contributed by atoms with E-state index in [1.807, 2.05) is 37.3 Å². The highest BCUT2D eigenvalue weighted by molar-refractivity contribution is 5.94. The molecule has 154 valence electrons. The van der Waals surface area contributed by atoms with Crippen molar-refractivity contribution in [2.75, 3.05) is 18.4 Å². The zero-order chi connectivity index (χ0) is 21.9. The quantitative estimate of drug-likeness (QED) is 0.626. The lowest BCUT2D eigenvalue weighted by Crippen LogP contribution is -2.30. The van der Waals surface area contributed by atoms with E-state index in [2.05, 4.69) is 61.5 Å². The summed E-state index contributed by atoms with van der Waals surface area (Å²) in [5.41, 5.74) is 5.73. The van der Waals surface area contributed by atoms with Gasteiger partial charge in [-0.2, -0.15) is 5.26 Å². The molecule has 0 fully saturated rings. The molecule has 5 nitrogen and oxygen atoms in total. The molecule has 0 bridgehead atoms. The van der Waals surface area contributed by atoms with Gasteiger partial charge in [0.2, 0.25) is 0 Å². The van der Waals surface area contributed by atoms with Crippen LogP contribution in [0.25, 0.3) is 10.9 Å². The molecule has 0 spiro atoms. The largest absolute Gasteiger partial charge is 0.348 e. The first-order chi connectivity index (χ1) is 14.2. The first-order valence-electron chi connectivity index (χ1n) is 10.2. The third kappa shape index (κ3) is 4.77. The van der Waals surface area contributed by atoms with E-state index >= 15 is 0 Å². The molecule has 0 aliphatic heterocycles. The number of carbonyl (C=O) groups is 1. The third-order valence-corrected chi connectivity index (χ3v) is 5.19. The number of aromatic amines is 1. The number of hydrogen-bond donors (Lipinski definition) is 2. The third-order valence-electron chi connectivity index (χ3n) is 5.19. The molecule has 1 amide bonds. The summed E-state index contributed by atoms with van der Waals surface area (Å²) in [5.74, 6) is 0.560. The molecule has 0 unspecified atom stereocenters. The summed E-state index contributed by atoms with van der Waals surface area (Å²) >= 11 is 0. The summed E-state index contributed by atoms with van der Waals surface area (Å²) in [6.45, 7) is 11.5. The Morgan fingerprint density at radius 2 is 1.77 bits per heavy atom. The molecule has 5 heteroatoms. The van der Waals surface area contributed by atoms with Crippen LogP contribution in [0.15, 0.2) is 42.5 Å². The van der Waals surface area contributed by atoms with Crippen molar-refractivity contribution in [3.8, 4) is 6.07 Å². The van der Waals surface area contributed by atoms with Gasteiger partial charge in [-0.1, -0.05) is 39.0 Å². The van der Waals surface area contributed by atoms with Crippen LogP contribution in [0.3, 0.4) is 0 Å². The zero-order valence-electron chi connectivity index (χ0n) is 18.3. The number of nitrogens with one attached hydrogen (secondary N) is 3. The summed E-state index contributed by atoms with van der Waals surface area (Å²) in [5, 5.41) is 16.7. The maximum absolute atomic E-state index is 12.4. The molecular formula is C25H29N4O+. The van der Waals surface area contributed by atoms with Gasteiger partial charge in [-0.05, 0) is 60.2 Å². The van der Waals surface area contributed by atoms with Crippen molar-refractivity contribution in [1.82, 2.24) is 5.32 Å². The Labute approximate surface area is 178 Å². The maximum atomic E-state index is 12.4. The Bertz CT molecular complexity index is 1120. The van der Waals surface area contributed by atoms with Crippen molar-refractivity contribution in [3.05, 3.63) is 70.3 Å². The molecule has 2 aromatic carbocycles. The minimum Gasteiger partial charge on any atom is -0.348 e. The number of aromatic nitrogens is 1. The van der Waals surface area contributed by atoms with Crippen molar-refractivity contribution in [2.45, 2.75) is 40.0 Å². The molecule has 0 atom stereocenters. The van der Waals surface area contributed by atoms with Crippen LogP contribution in [0.2, 0.25) is 0 Å². The van der Waals surface area contributed by atoms with Gasteiger partial charge in [-0.3, -0.25) is 10.1 Å². The number of anilines is 1. The number of nitriles is 1. The lowest BCUT2D eigenvalue weighted by molar-refractivity contribution is -0.327. The second-order valence-corrected chi connectivity index (χ2v) is 8.72. The number of pyridine rings is 1. The lowest BCUT2D eigenvalue weighted by Gasteiger charge is -2.19. The fraction of sp³-hybridized carbons (Fsp3) is 0.320. The van der Waals surface area contributed by atoms with Gasteiger partial charge in [-0.25, -0.2) is 4.98 Å². The summed E-state index contributed by atoms with van der Waals surface area (Å²) in [6.07, 6.45) is 0. The van der Waals surface area contributed by atoms with Gasteiger partial charge in [0, 0.05) is 10.9 Å². The van der Waals surface area contributed by atoms with Crippen LogP contribution >= 0.6 is 0 Å². The Morgan fingerprint density at radius 1 is 1.07 bits per heavy atom. The van der Waals surface area contributed by atoms with Crippen LogP contribution in [0.4, 0.5) is 5.82 Å². The fourth-order valence-corrected chi connectivity index (χ4v) is 3.51. The molecule has 1 heterocycles. The van der Waals surface area contributed by atoms with Crippen molar-refractivity contribution in [3.63, 3.8) is 0 Å². The van der Waals surface area contributed by atoms with E-state index in [0.717, 1.165) is 22.0 Å². The Morgan fingerprint density at radius 3 is 2.40 bits per heavy atom. The predicted octanol–water partition coefficient (Wildman–Crippen LogP) is 4.28. The van der Waals surface area contributed by atoms with E-state index in [-0.39, 0.29) is 11.3 Å². The molecule has 0 saturated carbocycles. The van der Waals surface area contributed by atoms with Gasteiger partial charge in [0.25, 0.3) is 11.7 Å². The van der Waals surface area contributed by atoms with Crippen LogP contribution in [0.5, 0.6) is 0 Å². The molecule has 0 radical (unpaired) electrons. The number of amides is 1. The topological polar surface area (TPSA) is 79.1 Å². The smallest absolute Gasteiger partial charge is 0.290 e. The van der Waals surface area contributed by atoms with E-state index in [0.29, 0.717) is 30.0 Å². The van der Waals surface area contributed by atoms with E-state index in [1.54, 1.807) is 0 Å². The van der Waals surface area contributed by atoms with E-state index < -0.39 is 0 Å². The zero-order valence-corrected chi connectivity index (χ0v) is 18.3. The van der Waals surface area contributed by atoms with Gasteiger partial charge in [0.1, 0.15) is 23.7 Å². The van der Waals surface area contributed by atoms with Gasteiger partial charge in [-0.15, -0.1) is 0 Å². The van der Waals surface area contributed by atoms with Crippen molar-refractivity contribution in [1.29, 1.82) is 5.26 Å². The first kappa shape index (κ1) is 21.3. The van der Waals surface area contributed by atoms with Gasteiger partial charge < -0.3 is 5.32 Å². The monoisotopic (exact) mass is 401 g/mol. The van der Waals surface area contributed by atoms with Gasteiger partial charge >= 0.3 is 0 Å². The van der Waals surface area contributed by atoms with Crippen LogP contribution in [0, 0.1) is 25.2 Å². The number of nitrogens with zero attached hydrogens (tertiary/aromatic N) is 1. The van der Waals surface area contributed by atoms with E-state index in [4.69, 9.17) is 0 Å². The maximum Gasteiger partial charge on any atom is 0.290 e. The van der Waals surface area contributed by atoms with E-state index in [1.165, 1.54) is 5.56 Å². The molecular weight excluding hydrogens is 372 g/mol. The lowest BCUT2D eigenvalue weighted by atomic mass is 9.87. The van der Waals surface area contributed by atoms with Crippen molar-refractivity contribution in [2.24, 2.45) is 0 Å². The summed E-state index contributed by atoms with van der Waals surface area (Å²) < 4.78 is 0. The normalized spacial score (nSPS) is 11.2. The number of aryl methyl sites for hydroxylation is 2. The number of rotatable bonds is 5. The van der Waals surface area contributed by atoms with Crippen LogP contribution < -0.4 is 15.6 Å². The number of H-pyrrole nitrogens is 1. The number of hydrogen-bond acceptors (Lipinski definition) is 3. The summed E-state index contributed by atoms with van der Waals surface area (Å²) in [6, 6.07) is 16.0. The molecule has 0 aliphatic carbocycles. The van der Waals surface area contributed by atoms with E-state index in [9.17, 15) is 10.1 Å². The summed E-state index contributed by atoms with van der Waals surface area (Å²) in [7, 11) is 0. The van der Waals surface area contributed by atoms with Crippen LogP contribution in [-0.2, 0) is 5.41 Å². The van der Waals surface area contributed by atoms with Gasteiger partial charge in [0.15, 0.2) is 0 Å². The average molecular weight is 402 g/mol. The minimum atomic E-state index is -0.105. The van der Waals surface area contributed by atoms with Crippen molar-refractivity contribution >= 4 is 22.6 Å². The van der Waals surface area contributed by atoms with Gasteiger partial charge in [0.05, 0.1) is 6.54 Å². The highest BCUT2D eigenvalue weighted by Crippen LogP contribution is 2.22. The SMILES string of the molecule is Cc1cc(C)c2cc(C#N)c(NCCNC(=O)c3ccc(C(C)(C)C)cc3)[nH+]c2c1. The summed E-state index contributed by atoms with van der Waals surface area (Å²) in [4.78, 5) is 15.7. The van der Waals surface area contributed by atoms with Crippen LogP contribution in [0.1, 0.15) is 53.4 Å². The number of carbonyl (C=O) groups excluding carboxylic acids is 1. The standard InChI is InChI=1S/C25H28N4O/c1-16-12-17(2)21-14-19(15-26)23(29-22(21)13-16)27-10-11-28-24(30)18-6-8-20(9-7-18)25(3,4)5/h6-9,12-14H,10-11H2,1-5H3,(H,27,29)(H,28,30)/p+1. The van der Waals surface area contributed by atoms with Crippen LogP contribution in [-0.4, -0.2) is 19.0 Å². The number of fused-ring (bicyclic) bond motifs is 1.